The van der Waals surface area contributed by atoms with Gasteiger partial charge in [-0.3, -0.25) is 0 Å². The lowest BCUT2D eigenvalue weighted by Gasteiger charge is -2.21. The van der Waals surface area contributed by atoms with Crippen LogP contribution >= 0.6 is 0 Å². The Balaban J connectivity index is 2.80. The molecular weight excluding hydrogens is 219 g/mol. The molecule has 0 aromatic carbocycles. The minimum absolute atomic E-state index is 0.0755. The Morgan fingerprint density at radius 1 is 1.38 bits per heavy atom. The highest BCUT2D eigenvalue weighted by Crippen LogP contribution is 2.16. The lowest BCUT2D eigenvalue weighted by atomic mass is 10.1. The highest BCUT2D eigenvalue weighted by molar-refractivity contribution is 5.90. The van der Waals surface area contributed by atoms with Gasteiger partial charge in [0, 0.05) is 0 Å². The van der Waals surface area contributed by atoms with E-state index < -0.39 is 29.9 Å². The SMILES string of the molecule is C=C([18O][C@@H]1C=C([13C](=O)O)C=C[C@H]1O)C(=O)O. The third-order valence-corrected chi connectivity index (χ3v) is 1.92. The Morgan fingerprint density at radius 3 is 2.50 bits per heavy atom. The van der Waals surface area contributed by atoms with Gasteiger partial charge in [0.25, 0.3) is 0 Å². The Hall–Kier alpha value is -2.08. The number of aliphatic hydroxyl groups excluding tert-OH is 1. The Kier molecular flexibility index (Phi) is 3.47. The number of aliphatic carboxylic acids is 2. The van der Waals surface area contributed by atoms with Crippen molar-refractivity contribution in [1.82, 2.24) is 0 Å². The van der Waals surface area contributed by atoms with E-state index in [9.17, 15) is 14.7 Å². The van der Waals surface area contributed by atoms with Crippen LogP contribution in [0.25, 0.3) is 0 Å². The first-order valence-corrected chi connectivity index (χ1v) is 4.32. The molecule has 0 unspecified atom stereocenters. The minimum Gasteiger partial charge on any atom is -0.478 e. The summed E-state index contributed by atoms with van der Waals surface area (Å²) < 4.78 is 4.81. The normalized spacial score (nSPS) is 23.4. The van der Waals surface area contributed by atoms with Gasteiger partial charge < -0.3 is 20.1 Å². The summed E-state index contributed by atoms with van der Waals surface area (Å²) in [5.74, 6) is -3.11. The zero-order valence-corrected chi connectivity index (χ0v) is 8.16. The van der Waals surface area contributed by atoms with Crippen molar-refractivity contribution in [3.8, 4) is 0 Å². The molecule has 0 aliphatic heterocycles. The van der Waals surface area contributed by atoms with Crippen LogP contribution in [-0.4, -0.2) is 39.5 Å². The first-order chi connectivity index (χ1) is 7.41. The molecule has 0 heterocycles. The minimum atomic E-state index is -1.37. The standard InChI is InChI=1S/C10H10O6/c1-5(9(12)13)16-8-4-6(10(14)15)2-3-7(8)11/h2-4,7-8,11H,1H2,(H,12,13)(H,14,15)/t7-,8-/m1/s1/i10+1,16+2. The van der Waals surface area contributed by atoms with Crippen LogP contribution in [0.1, 0.15) is 0 Å². The first-order valence-electron chi connectivity index (χ1n) is 4.32. The Bertz CT molecular complexity index is 392. The van der Waals surface area contributed by atoms with Crippen molar-refractivity contribution in [3.63, 3.8) is 0 Å². The average Bonchev–Trinajstić information content (AvgIpc) is 2.20. The first kappa shape index (κ1) is 12.0. The maximum Gasteiger partial charge on any atom is 0.370 e. The molecule has 3 N–H and O–H groups in total. The number of carboxylic acid groups (broad SMARTS) is 2. The van der Waals surface area contributed by atoms with Crippen molar-refractivity contribution in [2.75, 3.05) is 0 Å². The summed E-state index contributed by atoms with van der Waals surface area (Å²) in [7, 11) is 0. The van der Waals surface area contributed by atoms with Crippen molar-refractivity contribution >= 4 is 11.9 Å². The summed E-state index contributed by atoms with van der Waals surface area (Å²) in [5, 5.41) is 26.6. The number of hydrogen-bond acceptors (Lipinski definition) is 4. The van der Waals surface area contributed by atoms with Crippen LogP contribution in [-0.2, 0) is 14.3 Å². The summed E-state index contributed by atoms with van der Waals surface area (Å²) in [6, 6.07) is 0. The highest BCUT2D eigenvalue weighted by atomic mass is 18.3. The summed E-state index contributed by atoms with van der Waals surface area (Å²) >= 11 is 0. The fourth-order valence-corrected chi connectivity index (χ4v) is 1.10. The number of carboxylic acids is 2. The number of aliphatic hydroxyl groups is 1. The Morgan fingerprint density at radius 2 is 2.00 bits per heavy atom. The van der Waals surface area contributed by atoms with Crippen molar-refractivity contribution in [3.05, 3.63) is 36.1 Å². The molecule has 0 amide bonds. The second kappa shape index (κ2) is 4.63. The van der Waals surface area contributed by atoms with Crippen LogP contribution in [0.3, 0.4) is 0 Å². The molecule has 0 bridgehead atoms. The summed E-state index contributed by atoms with van der Waals surface area (Å²) in [6.45, 7) is 3.12. The van der Waals surface area contributed by atoms with Gasteiger partial charge in [0.15, 0.2) is 5.76 Å². The molecule has 1 aliphatic carbocycles. The molecule has 0 fully saturated rings. The van der Waals surface area contributed by atoms with Gasteiger partial charge >= 0.3 is 11.9 Å². The monoisotopic (exact) mass is 229 g/mol. The smallest absolute Gasteiger partial charge is 0.370 e. The van der Waals surface area contributed by atoms with E-state index in [2.05, 4.69) is 6.58 Å². The maximum absolute atomic E-state index is 10.6. The number of rotatable bonds is 4. The van der Waals surface area contributed by atoms with E-state index in [0.717, 1.165) is 6.08 Å². The van der Waals surface area contributed by atoms with E-state index in [1.165, 1.54) is 12.2 Å². The van der Waals surface area contributed by atoms with E-state index in [0.29, 0.717) is 0 Å². The maximum atomic E-state index is 10.6. The summed E-state index contributed by atoms with van der Waals surface area (Å²) in [5.41, 5.74) is -0.0755. The van der Waals surface area contributed by atoms with E-state index in [1.54, 1.807) is 0 Å². The van der Waals surface area contributed by atoms with Crippen molar-refractivity contribution in [2.45, 2.75) is 12.2 Å². The van der Waals surface area contributed by atoms with Gasteiger partial charge in [-0.05, 0) is 18.7 Å². The average molecular weight is 229 g/mol. The Labute approximate surface area is 90.8 Å². The summed E-state index contributed by atoms with van der Waals surface area (Å²) in [6.07, 6.45) is 1.40. The van der Waals surface area contributed by atoms with Gasteiger partial charge in [-0.15, -0.1) is 0 Å². The highest BCUT2D eigenvalue weighted by Gasteiger charge is 2.24. The predicted octanol–water partition coefficient (Wildman–Crippen LogP) is -0.0884. The number of hydrogen-bond donors (Lipinski definition) is 3. The van der Waals surface area contributed by atoms with Gasteiger partial charge in [-0.2, -0.15) is 0 Å². The molecule has 6 nitrogen and oxygen atoms in total. The molecule has 6 heteroatoms. The lowest BCUT2D eigenvalue weighted by Crippen LogP contribution is -2.29. The van der Waals surface area contributed by atoms with Gasteiger partial charge in [0.1, 0.15) is 12.2 Å². The van der Waals surface area contributed by atoms with E-state index in [4.69, 9.17) is 14.9 Å². The van der Waals surface area contributed by atoms with Crippen LogP contribution in [0.4, 0.5) is 0 Å². The third kappa shape index (κ3) is 2.71. The zero-order chi connectivity index (χ0) is 12.3. The van der Waals surface area contributed by atoms with Crippen LogP contribution in [0.5, 0.6) is 0 Å². The molecule has 0 aromatic heterocycles. The number of ether oxygens (including phenoxy) is 1. The van der Waals surface area contributed by atoms with Gasteiger partial charge in [0.2, 0.25) is 0 Å². The van der Waals surface area contributed by atoms with Crippen LogP contribution < -0.4 is 0 Å². The predicted molar refractivity (Wildman–Crippen MR) is 52.5 cm³/mol. The molecule has 1 rings (SSSR count). The third-order valence-electron chi connectivity index (χ3n) is 1.92. The van der Waals surface area contributed by atoms with E-state index in [-0.39, 0.29) is 5.57 Å². The van der Waals surface area contributed by atoms with Crippen LogP contribution in [0, 0.1) is 0 Å². The van der Waals surface area contributed by atoms with Crippen LogP contribution in [0.15, 0.2) is 36.1 Å². The van der Waals surface area contributed by atoms with Gasteiger partial charge in [0.05, 0.1) is 5.57 Å². The fourth-order valence-electron chi connectivity index (χ4n) is 1.10. The van der Waals surface area contributed by atoms with Crippen molar-refractivity contribution in [2.24, 2.45) is 0 Å². The van der Waals surface area contributed by atoms with E-state index in [1.807, 2.05) is 0 Å². The molecular formula is C10H10O6. The molecule has 0 radical (unpaired) electrons. The molecule has 0 aromatic rings. The quantitative estimate of drug-likeness (QED) is 0.269. The molecule has 86 valence electrons. The fraction of sp³-hybridized carbons (Fsp3) is 0.200. The molecule has 0 saturated heterocycles. The molecule has 1 aliphatic rings. The van der Waals surface area contributed by atoms with Crippen LogP contribution in [0.2, 0.25) is 0 Å². The zero-order valence-electron chi connectivity index (χ0n) is 8.16. The summed E-state index contributed by atoms with van der Waals surface area (Å²) in [4.78, 5) is 21.1. The second-order valence-electron chi connectivity index (χ2n) is 3.09. The number of carbonyl (C=O) groups is 2. The largest absolute Gasteiger partial charge is 0.478 e. The van der Waals surface area contributed by atoms with Crippen molar-refractivity contribution < 1.29 is 29.6 Å². The van der Waals surface area contributed by atoms with Crippen molar-refractivity contribution in [1.29, 1.82) is 0 Å². The molecule has 2 atom stereocenters. The molecule has 0 spiro atoms. The molecule has 16 heavy (non-hydrogen) atoms. The topological polar surface area (TPSA) is 104 Å². The second-order valence-corrected chi connectivity index (χ2v) is 3.09. The lowest BCUT2D eigenvalue weighted by molar-refractivity contribution is -0.137. The van der Waals surface area contributed by atoms with Gasteiger partial charge in [-0.25, -0.2) is 9.59 Å². The van der Waals surface area contributed by atoms with E-state index >= 15 is 0 Å². The molecule has 0 saturated carbocycles. The van der Waals surface area contributed by atoms with Gasteiger partial charge in [-0.1, -0.05) is 6.08 Å².